The molecule has 8 heteroatoms. The highest BCUT2D eigenvalue weighted by Crippen LogP contribution is 2.28. The molecule has 1 amide bonds. The molecule has 194 valence electrons. The fourth-order valence-corrected chi connectivity index (χ4v) is 5.84. The summed E-state index contributed by atoms with van der Waals surface area (Å²) in [5.41, 5.74) is 2.78. The molecule has 2 aromatic rings. The van der Waals surface area contributed by atoms with Crippen LogP contribution in [0.5, 0.6) is 0 Å². The van der Waals surface area contributed by atoms with Crippen LogP contribution in [0.3, 0.4) is 0 Å². The summed E-state index contributed by atoms with van der Waals surface area (Å²) in [6, 6.07) is 10.4. The summed E-state index contributed by atoms with van der Waals surface area (Å²) >= 11 is 1.61. The smallest absolute Gasteiger partial charge is 0.310 e. The molecule has 0 N–H and O–H groups in total. The second kappa shape index (κ2) is 12.6. The van der Waals surface area contributed by atoms with E-state index in [-0.39, 0.29) is 17.8 Å². The number of hydrogen-bond acceptors (Lipinski definition) is 7. The first-order valence-corrected chi connectivity index (χ1v) is 14.3. The molecule has 7 nitrogen and oxygen atoms in total. The van der Waals surface area contributed by atoms with Crippen LogP contribution in [0.15, 0.2) is 35.5 Å². The molecule has 2 unspecified atom stereocenters. The van der Waals surface area contributed by atoms with Gasteiger partial charge in [0.15, 0.2) is 5.16 Å². The molecule has 36 heavy (non-hydrogen) atoms. The van der Waals surface area contributed by atoms with E-state index in [1.54, 1.807) is 16.7 Å². The zero-order chi connectivity index (χ0) is 25.5. The number of nitrogens with zero attached hydrogens (tertiary/aromatic N) is 4. The lowest BCUT2D eigenvalue weighted by Crippen LogP contribution is -2.42. The first-order valence-electron chi connectivity index (χ1n) is 13.3. The average Bonchev–Trinajstić information content (AvgIpc) is 2.92. The Bertz CT molecular complexity index is 1060. The number of likely N-dealkylation sites (tertiary alicyclic amines) is 1. The molecule has 2 aliphatic heterocycles. The minimum Gasteiger partial charge on any atom is -0.466 e. The Labute approximate surface area is 219 Å². The molecule has 1 aromatic carbocycles. The largest absolute Gasteiger partial charge is 0.466 e. The van der Waals surface area contributed by atoms with Crippen molar-refractivity contribution in [1.82, 2.24) is 14.9 Å². The highest BCUT2D eigenvalue weighted by atomic mass is 32.2. The Balaban J connectivity index is 1.43. The van der Waals surface area contributed by atoms with Crippen LogP contribution >= 0.6 is 11.8 Å². The summed E-state index contributed by atoms with van der Waals surface area (Å²) < 4.78 is 5.18. The van der Waals surface area contributed by atoms with Gasteiger partial charge in [-0.3, -0.25) is 9.59 Å². The first-order chi connectivity index (χ1) is 17.5. The number of thioether (sulfide) groups is 1. The first kappa shape index (κ1) is 26.5. The van der Waals surface area contributed by atoms with Gasteiger partial charge in [0.1, 0.15) is 5.82 Å². The number of aromatic nitrogens is 2. The van der Waals surface area contributed by atoms with Crippen molar-refractivity contribution >= 4 is 29.5 Å². The zero-order valence-corrected chi connectivity index (χ0v) is 22.6. The molecule has 0 bridgehead atoms. The summed E-state index contributed by atoms with van der Waals surface area (Å²) in [6.45, 7) is 8.72. The Kier molecular flexibility index (Phi) is 9.24. The average molecular weight is 511 g/mol. The molecule has 2 fully saturated rings. The zero-order valence-electron chi connectivity index (χ0n) is 21.7. The van der Waals surface area contributed by atoms with E-state index >= 15 is 0 Å². The molecule has 0 aliphatic carbocycles. The predicted molar refractivity (Wildman–Crippen MR) is 143 cm³/mol. The summed E-state index contributed by atoms with van der Waals surface area (Å²) in [7, 11) is 0. The van der Waals surface area contributed by atoms with Gasteiger partial charge in [0.05, 0.1) is 12.5 Å². The second-order valence-electron chi connectivity index (χ2n) is 9.72. The molecule has 0 spiro atoms. The maximum atomic E-state index is 13.2. The van der Waals surface area contributed by atoms with Crippen molar-refractivity contribution in [2.45, 2.75) is 76.2 Å². The van der Waals surface area contributed by atoms with Crippen molar-refractivity contribution in [3.63, 3.8) is 0 Å². The summed E-state index contributed by atoms with van der Waals surface area (Å²) in [6.07, 6.45) is 6.14. The normalized spacial score (nSPS) is 20.3. The SMILES string of the molecule is CCOC(=O)C1CCCN(C(=O)c2cccc(CSc3nc(CC)cc(N4CCCCC4C)n3)c2)C1. The maximum absolute atomic E-state index is 13.2. The van der Waals surface area contributed by atoms with E-state index in [0.717, 1.165) is 48.0 Å². The van der Waals surface area contributed by atoms with E-state index in [2.05, 4.69) is 24.8 Å². The van der Waals surface area contributed by atoms with Gasteiger partial charge in [-0.05, 0) is 70.1 Å². The number of aryl methyl sites for hydroxylation is 1. The van der Waals surface area contributed by atoms with Crippen LogP contribution in [-0.2, 0) is 21.7 Å². The van der Waals surface area contributed by atoms with Crippen molar-refractivity contribution in [3.05, 3.63) is 47.2 Å². The van der Waals surface area contributed by atoms with Gasteiger partial charge >= 0.3 is 5.97 Å². The van der Waals surface area contributed by atoms with E-state index < -0.39 is 0 Å². The van der Waals surface area contributed by atoms with Crippen molar-refractivity contribution in [2.75, 3.05) is 31.1 Å². The number of esters is 1. The standard InChI is InChI=1S/C28H38N4O3S/c1-4-24-17-25(32-15-7-6-10-20(32)3)30-28(29-24)36-19-21-11-8-12-22(16-21)26(33)31-14-9-13-23(18-31)27(34)35-5-2/h8,11-12,16-17,20,23H,4-7,9-10,13-15,18-19H2,1-3H3. The molecule has 3 heterocycles. The minimum atomic E-state index is -0.235. The third-order valence-electron chi connectivity index (χ3n) is 7.08. The monoisotopic (exact) mass is 510 g/mol. The van der Waals surface area contributed by atoms with Gasteiger partial charge in [0.25, 0.3) is 5.91 Å². The maximum Gasteiger partial charge on any atom is 0.310 e. The van der Waals surface area contributed by atoms with Crippen LogP contribution in [0.2, 0.25) is 0 Å². The molecule has 4 rings (SSSR count). The minimum absolute atomic E-state index is 0.0264. The van der Waals surface area contributed by atoms with E-state index in [1.807, 2.05) is 31.2 Å². The molecule has 2 saturated heterocycles. The number of benzene rings is 1. The molecule has 2 aliphatic rings. The number of amides is 1. The lowest BCUT2D eigenvalue weighted by molar-refractivity contribution is -0.149. The fraction of sp³-hybridized carbons (Fsp3) is 0.571. The van der Waals surface area contributed by atoms with Crippen LogP contribution in [-0.4, -0.2) is 59.0 Å². The topological polar surface area (TPSA) is 75.6 Å². The van der Waals surface area contributed by atoms with Crippen molar-refractivity contribution in [3.8, 4) is 0 Å². The lowest BCUT2D eigenvalue weighted by Gasteiger charge is -2.34. The molecule has 0 saturated carbocycles. The van der Waals surface area contributed by atoms with Gasteiger partial charge < -0.3 is 14.5 Å². The molecule has 1 aromatic heterocycles. The van der Waals surface area contributed by atoms with Gasteiger partial charge in [0.2, 0.25) is 0 Å². The number of piperidine rings is 2. The Morgan fingerprint density at radius 1 is 1.08 bits per heavy atom. The predicted octanol–water partition coefficient (Wildman–Crippen LogP) is 5.13. The van der Waals surface area contributed by atoms with Gasteiger partial charge in [-0.25, -0.2) is 9.97 Å². The summed E-state index contributed by atoms with van der Waals surface area (Å²) in [5, 5.41) is 0.784. The Morgan fingerprint density at radius 3 is 2.72 bits per heavy atom. The summed E-state index contributed by atoms with van der Waals surface area (Å²) in [5.74, 6) is 1.26. The Hall–Kier alpha value is -2.61. The lowest BCUT2D eigenvalue weighted by atomic mass is 9.97. The van der Waals surface area contributed by atoms with Crippen molar-refractivity contribution < 1.29 is 14.3 Å². The van der Waals surface area contributed by atoms with E-state index in [4.69, 9.17) is 14.7 Å². The molecular weight excluding hydrogens is 472 g/mol. The highest BCUT2D eigenvalue weighted by Gasteiger charge is 2.30. The number of carbonyl (C=O) groups is 2. The fourth-order valence-electron chi connectivity index (χ4n) is 5.03. The van der Waals surface area contributed by atoms with Crippen LogP contribution in [0.25, 0.3) is 0 Å². The van der Waals surface area contributed by atoms with E-state index in [0.29, 0.717) is 37.1 Å². The van der Waals surface area contributed by atoms with E-state index in [1.165, 1.54) is 19.3 Å². The number of anilines is 1. The highest BCUT2D eigenvalue weighted by molar-refractivity contribution is 7.98. The van der Waals surface area contributed by atoms with Crippen molar-refractivity contribution in [1.29, 1.82) is 0 Å². The van der Waals surface area contributed by atoms with Gasteiger partial charge in [0, 0.05) is 48.8 Å². The second-order valence-corrected chi connectivity index (χ2v) is 10.7. The third kappa shape index (κ3) is 6.58. The van der Waals surface area contributed by atoms with Gasteiger partial charge in [-0.1, -0.05) is 30.8 Å². The van der Waals surface area contributed by atoms with Crippen LogP contribution < -0.4 is 4.90 Å². The number of rotatable bonds is 8. The number of hydrogen-bond donors (Lipinski definition) is 0. The molecule has 2 atom stereocenters. The van der Waals surface area contributed by atoms with Crippen LogP contribution in [0.1, 0.15) is 74.5 Å². The van der Waals surface area contributed by atoms with Gasteiger partial charge in [-0.15, -0.1) is 0 Å². The molecule has 0 radical (unpaired) electrons. The van der Waals surface area contributed by atoms with Crippen LogP contribution in [0, 0.1) is 5.92 Å². The molecular formula is C28H38N4O3S. The number of ether oxygens (including phenoxy) is 1. The number of carbonyl (C=O) groups excluding carboxylic acids is 2. The van der Waals surface area contributed by atoms with Gasteiger partial charge in [-0.2, -0.15) is 0 Å². The quantitative estimate of drug-likeness (QED) is 0.277. The third-order valence-corrected chi connectivity index (χ3v) is 7.99. The summed E-state index contributed by atoms with van der Waals surface area (Å²) in [4.78, 5) is 39.3. The van der Waals surface area contributed by atoms with Crippen molar-refractivity contribution in [2.24, 2.45) is 5.92 Å². The van der Waals surface area contributed by atoms with Crippen LogP contribution in [0.4, 0.5) is 5.82 Å². The van der Waals surface area contributed by atoms with E-state index in [9.17, 15) is 9.59 Å². The Morgan fingerprint density at radius 2 is 1.94 bits per heavy atom.